The van der Waals surface area contributed by atoms with Crippen LogP contribution in [0.1, 0.15) is 5.56 Å². The summed E-state index contributed by atoms with van der Waals surface area (Å²) in [4.78, 5) is 0. The number of hydrogen-bond acceptors (Lipinski definition) is 3. The fourth-order valence-electron chi connectivity index (χ4n) is 1.25. The van der Waals surface area contributed by atoms with E-state index in [4.69, 9.17) is 4.74 Å². The third-order valence-electron chi connectivity index (χ3n) is 1.97. The second-order valence-electron chi connectivity index (χ2n) is 3.24. The van der Waals surface area contributed by atoms with Gasteiger partial charge in [0.1, 0.15) is 0 Å². The predicted octanol–water partition coefficient (Wildman–Crippen LogP) is 3.58. The number of nitrogens with one attached hydrogen (secondary N) is 1. The van der Waals surface area contributed by atoms with Crippen LogP contribution in [0.4, 0.5) is 0 Å². The van der Waals surface area contributed by atoms with Gasteiger partial charge in [-0.05, 0) is 12.1 Å². The van der Waals surface area contributed by atoms with E-state index in [1.165, 1.54) is 7.11 Å². The molecule has 0 atom stereocenters. The summed E-state index contributed by atoms with van der Waals surface area (Å²) in [6.07, 6.45) is 0. The molecular formula is C11H14Br2ClNO2. The number of benzene rings is 1. The number of ether oxygens (including phenoxy) is 1. The van der Waals surface area contributed by atoms with Crippen LogP contribution in [-0.4, -0.2) is 18.8 Å². The molecule has 0 amide bonds. The molecule has 0 aliphatic heterocycles. The first-order chi connectivity index (χ1) is 7.54. The van der Waals surface area contributed by atoms with Crippen LogP contribution < -0.4 is 10.1 Å². The highest BCUT2D eigenvalue weighted by molar-refractivity contribution is 9.11. The van der Waals surface area contributed by atoms with Crippen molar-refractivity contribution in [2.45, 2.75) is 6.54 Å². The summed E-state index contributed by atoms with van der Waals surface area (Å²) < 4.78 is 6.80. The molecule has 0 unspecified atom stereocenters. The SMILES string of the molecule is C=C(Br)CNCc1cc(Br)cc(OC)c1O.Cl. The molecule has 0 aliphatic rings. The Hall–Kier alpha value is -0.230. The van der Waals surface area contributed by atoms with Crippen molar-refractivity contribution in [2.75, 3.05) is 13.7 Å². The fourth-order valence-corrected chi connectivity index (χ4v) is 1.93. The Balaban J connectivity index is 0.00000256. The molecule has 96 valence electrons. The summed E-state index contributed by atoms with van der Waals surface area (Å²) in [5, 5.41) is 13.0. The van der Waals surface area contributed by atoms with E-state index < -0.39 is 0 Å². The van der Waals surface area contributed by atoms with E-state index in [-0.39, 0.29) is 18.2 Å². The summed E-state index contributed by atoms with van der Waals surface area (Å²) in [6, 6.07) is 3.57. The van der Waals surface area contributed by atoms with Crippen LogP contribution in [0.15, 0.2) is 27.7 Å². The van der Waals surface area contributed by atoms with E-state index in [1.807, 2.05) is 6.07 Å². The molecule has 2 N–H and O–H groups in total. The van der Waals surface area contributed by atoms with Gasteiger partial charge in [-0.2, -0.15) is 0 Å². The lowest BCUT2D eigenvalue weighted by Gasteiger charge is -2.10. The minimum atomic E-state index is 0. The molecule has 0 saturated heterocycles. The van der Waals surface area contributed by atoms with E-state index >= 15 is 0 Å². The highest BCUT2D eigenvalue weighted by Crippen LogP contribution is 2.33. The lowest BCUT2D eigenvalue weighted by atomic mass is 10.2. The summed E-state index contributed by atoms with van der Waals surface area (Å²) in [7, 11) is 1.53. The Morgan fingerprint density at radius 1 is 1.53 bits per heavy atom. The summed E-state index contributed by atoms with van der Waals surface area (Å²) in [5.41, 5.74) is 0.778. The topological polar surface area (TPSA) is 41.5 Å². The molecule has 0 bridgehead atoms. The van der Waals surface area contributed by atoms with Crippen molar-refractivity contribution in [3.63, 3.8) is 0 Å². The van der Waals surface area contributed by atoms with Crippen LogP contribution in [0.5, 0.6) is 11.5 Å². The second kappa shape index (κ2) is 7.97. The maximum Gasteiger partial charge on any atom is 0.162 e. The van der Waals surface area contributed by atoms with Gasteiger partial charge in [0.2, 0.25) is 0 Å². The van der Waals surface area contributed by atoms with E-state index in [0.29, 0.717) is 18.8 Å². The van der Waals surface area contributed by atoms with Crippen molar-refractivity contribution in [1.29, 1.82) is 0 Å². The Kier molecular flexibility index (Phi) is 7.87. The number of halogens is 3. The average Bonchev–Trinajstić information content (AvgIpc) is 2.22. The van der Waals surface area contributed by atoms with Crippen LogP contribution in [0, 0.1) is 0 Å². The fraction of sp³-hybridized carbons (Fsp3) is 0.273. The van der Waals surface area contributed by atoms with Crippen molar-refractivity contribution < 1.29 is 9.84 Å². The van der Waals surface area contributed by atoms with E-state index in [9.17, 15) is 5.11 Å². The number of phenolic OH excluding ortho intramolecular Hbond substituents is 1. The van der Waals surface area contributed by atoms with Crippen LogP contribution in [0.2, 0.25) is 0 Å². The molecule has 1 rings (SSSR count). The maximum absolute atomic E-state index is 9.86. The van der Waals surface area contributed by atoms with Crippen LogP contribution >= 0.6 is 44.3 Å². The molecule has 0 saturated carbocycles. The van der Waals surface area contributed by atoms with Crippen molar-refractivity contribution in [1.82, 2.24) is 5.32 Å². The minimum Gasteiger partial charge on any atom is -0.504 e. The maximum atomic E-state index is 9.86. The summed E-state index contributed by atoms with van der Waals surface area (Å²) in [6.45, 7) is 4.91. The standard InChI is InChI=1S/C11H13Br2NO2.ClH/c1-7(12)5-14-6-8-3-9(13)4-10(16-2)11(8)15;/h3-4,14-15H,1,5-6H2,2H3;1H. The monoisotopic (exact) mass is 385 g/mol. The van der Waals surface area contributed by atoms with Gasteiger partial charge in [-0.1, -0.05) is 38.4 Å². The number of phenols is 1. The molecule has 1 aromatic rings. The first-order valence-electron chi connectivity index (χ1n) is 4.64. The second-order valence-corrected chi connectivity index (χ2v) is 5.27. The van der Waals surface area contributed by atoms with E-state index in [2.05, 4.69) is 43.8 Å². The number of methoxy groups -OCH3 is 1. The molecule has 3 nitrogen and oxygen atoms in total. The molecule has 0 radical (unpaired) electrons. The predicted molar refractivity (Wildman–Crippen MR) is 79.4 cm³/mol. The Bertz CT molecular complexity index is 399. The average molecular weight is 387 g/mol. The molecular weight excluding hydrogens is 373 g/mol. The van der Waals surface area contributed by atoms with Crippen molar-refractivity contribution in [3.8, 4) is 11.5 Å². The van der Waals surface area contributed by atoms with Gasteiger partial charge in [0.25, 0.3) is 0 Å². The number of rotatable bonds is 5. The Morgan fingerprint density at radius 3 is 2.71 bits per heavy atom. The number of hydrogen-bond donors (Lipinski definition) is 2. The van der Waals surface area contributed by atoms with Crippen molar-refractivity contribution in [2.24, 2.45) is 0 Å². The first-order valence-corrected chi connectivity index (χ1v) is 6.22. The third kappa shape index (κ3) is 5.29. The normalized spacial score (nSPS) is 9.59. The molecule has 0 heterocycles. The Labute approximate surface area is 124 Å². The van der Waals surface area contributed by atoms with Crippen LogP contribution in [0.3, 0.4) is 0 Å². The summed E-state index contributed by atoms with van der Waals surface area (Å²) in [5.74, 6) is 0.627. The van der Waals surface area contributed by atoms with Crippen molar-refractivity contribution >= 4 is 44.3 Å². The molecule has 1 aromatic carbocycles. The molecule has 0 aromatic heterocycles. The molecule has 0 aliphatic carbocycles. The third-order valence-corrected chi connectivity index (χ3v) is 2.71. The highest BCUT2D eigenvalue weighted by atomic mass is 79.9. The van der Waals surface area contributed by atoms with Crippen LogP contribution in [0.25, 0.3) is 0 Å². The van der Waals surface area contributed by atoms with E-state index in [0.717, 1.165) is 14.5 Å². The zero-order chi connectivity index (χ0) is 12.1. The van der Waals surface area contributed by atoms with Gasteiger partial charge in [0.15, 0.2) is 11.5 Å². The first kappa shape index (κ1) is 16.8. The quantitative estimate of drug-likeness (QED) is 0.811. The van der Waals surface area contributed by atoms with Gasteiger partial charge in [0.05, 0.1) is 7.11 Å². The van der Waals surface area contributed by atoms with Gasteiger partial charge >= 0.3 is 0 Å². The Morgan fingerprint density at radius 2 is 2.18 bits per heavy atom. The van der Waals surface area contributed by atoms with Gasteiger partial charge in [-0.3, -0.25) is 0 Å². The zero-order valence-electron chi connectivity index (χ0n) is 9.30. The van der Waals surface area contributed by atoms with Gasteiger partial charge < -0.3 is 15.2 Å². The highest BCUT2D eigenvalue weighted by Gasteiger charge is 2.09. The zero-order valence-corrected chi connectivity index (χ0v) is 13.3. The molecule has 17 heavy (non-hydrogen) atoms. The van der Waals surface area contributed by atoms with Gasteiger partial charge in [-0.25, -0.2) is 0 Å². The largest absolute Gasteiger partial charge is 0.504 e. The summed E-state index contributed by atoms with van der Waals surface area (Å²) >= 11 is 6.62. The molecule has 0 fully saturated rings. The smallest absolute Gasteiger partial charge is 0.162 e. The number of aromatic hydroxyl groups is 1. The van der Waals surface area contributed by atoms with Crippen molar-refractivity contribution in [3.05, 3.63) is 33.2 Å². The lowest BCUT2D eigenvalue weighted by Crippen LogP contribution is -2.14. The molecule has 6 heteroatoms. The van der Waals surface area contributed by atoms with Gasteiger partial charge in [0, 0.05) is 27.6 Å². The lowest BCUT2D eigenvalue weighted by molar-refractivity contribution is 0.369. The molecule has 0 spiro atoms. The van der Waals surface area contributed by atoms with Gasteiger partial charge in [-0.15, -0.1) is 12.4 Å². The minimum absolute atomic E-state index is 0. The van der Waals surface area contributed by atoms with Crippen LogP contribution in [-0.2, 0) is 6.54 Å². The van der Waals surface area contributed by atoms with E-state index in [1.54, 1.807) is 6.07 Å².